The summed E-state index contributed by atoms with van der Waals surface area (Å²) in [6.07, 6.45) is 0. The number of imidazole rings is 1. The summed E-state index contributed by atoms with van der Waals surface area (Å²) in [6, 6.07) is 0.683. The Morgan fingerprint density at radius 1 is 1.10 bits per heavy atom. The van der Waals surface area contributed by atoms with Crippen molar-refractivity contribution in [3.63, 3.8) is 0 Å². The van der Waals surface area contributed by atoms with Crippen molar-refractivity contribution in [1.29, 1.82) is 0 Å². The minimum Gasteiger partial charge on any atom is -0.339 e. The molecule has 8 heteroatoms. The lowest BCUT2D eigenvalue weighted by molar-refractivity contribution is 0.404. The zero-order valence-corrected chi connectivity index (χ0v) is 12.7. The average molecular weight is 292 g/mol. The number of fused-ring (bicyclic) bond motifs is 1. The summed E-state index contributed by atoms with van der Waals surface area (Å²) in [4.78, 5) is 33.8. The topological polar surface area (TPSA) is 88.0 Å². The van der Waals surface area contributed by atoms with Gasteiger partial charge < -0.3 is 15.2 Å². The summed E-state index contributed by atoms with van der Waals surface area (Å²) in [5.74, 6) is 0.642. The smallest absolute Gasteiger partial charge is 0.332 e. The minimum absolute atomic E-state index is 0.341. The highest BCUT2D eigenvalue weighted by Crippen LogP contribution is 2.16. The molecular formula is C13H20N6O2. The Balaban J connectivity index is 2.14. The number of hydrogen-bond acceptors (Lipinski definition) is 5. The Morgan fingerprint density at radius 2 is 1.71 bits per heavy atom. The molecule has 0 saturated carbocycles. The molecule has 1 saturated heterocycles. The van der Waals surface area contributed by atoms with Crippen LogP contribution in [0, 0.1) is 0 Å². The summed E-state index contributed by atoms with van der Waals surface area (Å²) >= 11 is 0. The predicted octanol–water partition coefficient (Wildman–Crippen LogP) is -0.853. The minimum atomic E-state index is -0.368. The van der Waals surface area contributed by atoms with E-state index in [0.29, 0.717) is 29.2 Å². The van der Waals surface area contributed by atoms with E-state index in [1.54, 1.807) is 7.05 Å². The molecule has 0 bridgehead atoms. The second-order valence-corrected chi connectivity index (χ2v) is 5.84. The summed E-state index contributed by atoms with van der Waals surface area (Å²) in [5.41, 5.74) is 0.0565. The van der Waals surface area contributed by atoms with Gasteiger partial charge in [-0.25, -0.2) is 4.79 Å². The molecule has 2 aromatic rings. The molecule has 3 rings (SSSR count). The van der Waals surface area contributed by atoms with Gasteiger partial charge in [0.2, 0.25) is 5.95 Å². The van der Waals surface area contributed by atoms with E-state index >= 15 is 0 Å². The molecule has 1 fully saturated rings. The van der Waals surface area contributed by atoms with E-state index in [2.05, 4.69) is 34.0 Å². The second-order valence-electron chi connectivity index (χ2n) is 5.84. The Morgan fingerprint density at radius 3 is 2.33 bits per heavy atom. The van der Waals surface area contributed by atoms with Gasteiger partial charge in [-0.05, 0) is 13.8 Å². The van der Waals surface area contributed by atoms with Crippen molar-refractivity contribution in [3.8, 4) is 0 Å². The molecule has 0 amide bonds. The Labute approximate surface area is 121 Å². The Kier molecular flexibility index (Phi) is 3.12. The van der Waals surface area contributed by atoms with Crippen molar-refractivity contribution in [2.75, 3.05) is 18.0 Å². The number of rotatable bonds is 1. The molecule has 2 N–H and O–H groups in total. The summed E-state index contributed by atoms with van der Waals surface area (Å²) in [6.45, 7) is 5.83. The van der Waals surface area contributed by atoms with Gasteiger partial charge in [0.1, 0.15) is 0 Å². The van der Waals surface area contributed by atoms with Crippen LogP contribution < -0.4 is 21.5 Å². The number of aryl methyl sites for hydroxylation is 1. The van der Waals surface area contributed by atoms with Crippen LogP contribution in [-0.2, 0) is 14.1 Å². The van der Waals surface area contributed by atoms with Crippen molar-refractivity contribution in [2.45, 2.75) is 25.9 Å². The lowest BCUT2D eigenvalue weighted by atomic mass is 10.1. The first-order valence-corrected chi connectivity index (χ1v) is 7.05. The number of anilines is 1. The first kappa shape index (κ1) is 13.9. The van der Waals surface area contributed by atoms with E-state index in [-0.39, 0.29) is 11.2 Å². The van der Waals surface area contributed by atoms with Crippen LogP contribution in [0.4, 0.5) is 5.95 Å². The quantitative estimate of drug-likeness (QED) is 0.714. The largest absolute Gasteiger partial charge is 0.339 e. The number of nitrogens with one attached hydrogen (secondary N) is 2. The molecule has 114 valence electrons. The molecule has 8 nitrogen and oxygen atoms in total. The number of hydrogen-bond donors (Lipinski definition) is 2. The van der Waals surface area contributed by atoms with Crippen LogP contribution in [0.5, 0.6) is 0 Å². The molecule has 0 aliphatic carbocycles. The average Bonchev–Trinajstić information content (AvgIpc) is 2.87. The van der Waals surface area contributed by atoms with Crippen LogP contribution in [0.3, 0.4) is 0 Å². The van der Waals surface area contributed by atoms with Gasteiger partial charge in [0, 0.05) is 39.3 Å². The van der Waals surface area contributed by atoms with Crippen LogP contribution in [0.25, 0.3) is 11.2 Å². The Hall–Kier alpha value is -2.09. The van der Waals surface area contributed by atoms with Gasteiger partial charge in [-0.1, -0.05) is 0 Å². The van der Waals surface area contributed by atoms with Crippen LogP contribution in [0.1, 0.15) is 13.8 Å². The second kappa shape index (κ2) is 4.73. The highest BCUT2D eigenvalue weighted by molar-refractivity contribution is 5.73. The molecule has 0 aromatic carbocycles. The van der Waals surface area contributed by atoms with E-state index in [1.165, 1.54) is 11.6 Å². The zero-order chi connectivity index (χ0) is 15.3. The fourth-order valence-corrected chi connectivity index (χ4v) is 2.96. The summed E-state index contributed by atoms with van der Waals surface area (Å²) in [5, 5.41) is 3.45. The van der Waals surface area contributed by atoms with Crippen molar-refractivity contribution >= 4 is 17.1 Å². The third-order valence-corrected chi connectivity index (χ3v) is 3.94. The first-order valence-electron chi connectivity index (χ1n) is 7.05. The van der Waals surface area contributed by atoms with Gasteiger partial charge in [-0.3, -0.25) is 13.9 Å². The van der Waals surface area contributed by atoms with Crippen molar-refractivity contribution in [3.05, 3.63) is 20.8 Å². The van der Waals surface area contributed by atoms with Crippen molar-refractivity contribution in [1.82, 2.24) is 24.4 Å². The molecule has 21 heavy (non-hydrogen) atoms. The SMILES string of the molecule is CC1CN(c2nc3c([nH]2)c(=O)n(C)c(=O)n3C)CC(C)N1. The van der Waals surface area contributed by atoms with E-state index in [9.17, 15) is 9.59 Å². The van der Waals surface area contributed by atoms with Crippen LogP contribution >= 0.6 is 0 Å². The van der Waals surface area contributed by atoms with Gasteiger partial charge in [0.15, 0.2) is 11.2 Å². The fraction of sp³-hybridized carbons (Fsp3) is 0.615. The maximum absolute atomic E-state index is 12.2. The van der Waals surface area contributed by atoms with Crippen LogP contribution in [0.15, 0.2) is 9.59 Å². The van der Waals surface area contributed by atoms with Gasteiger partial charge in [0.05, 0.1) is 0 Å². The third kappa shape index (κ3) is 2.15. The van der Waals surface area contributed by atoms with E-state index < -0.39 is 0 Å². The normalized spacial score (nSPS) is 23.0. The first-order chi connectivity index (χ1) is 9.88. The van der Waals surface area contributed by atoms with E-state index in [0.717, 1.165) is 17.7 Å². The molecule has 2 atom stereocenters. The Bertz CT molecular complexity index is 791. The van der Waals surface area contributed by atoms with Crippen LogP contribution in [-0.4, -0.2) is 44.3 Å². The van der Waals surface area contributed by atoms with Gasteiger partial charge in [-0.15, -0.1) is 0 Å². The summed E-state index contributed by atoms with van der Waals surface area (Å²) < 4.78 is 2.49. The zero-order valence-electron chi connectivity index (χ0n) is 12.7. The highest BCUT2D eigenvalue weighted by Gasteiger charge is 2.24. The molecular weight excluding hydrogens is 272 g/mol. The highest BCUT2D eigenvalue weighted by atomic mass is 16.2. The lowest BCUT2D eigenvalue weighted by Crippen LogP contribution is -2.54. The standard InChI is InChI=1S/C13H20N6O2/c1-7-5-19(6-8(2)14-7)12-15-9-10(16-12)17(3)13(21)18(4)11(9)20/h7-8,14H,5-6H2,1-4H3,(H,15,16). The van der Waals surface area contributed by atoms with Crippen LogP contribution in [0.2, 0.25) is 0 Å². The molecule has 0 spiro atoms. The number of piperazine rings is 1. The number of H-pyrrole nitrogens is 1. The maximum Gasteiger partial charge on any atom is 0.332 e. The number of aromatic amines is 1. The van der Waals surface area contributed by atoms with Crippen molar-refractivity contribution in [2.24, 2.45) is 14.1 Å². The van der Waals surface area contributed by atoms with Gasteiger partial charge in [-0.2, -0.15) is 4.98 Å². The third-order valence-electron chi connectivity index (χ3n) is 3.94. The van der Waals surface area contributed by atoms with Gasteiger partial charge in [0.25, 0.3) is 5.56 Å². The predicted molar refractivity (Wildman–Crippen MR) is 80.8 cm³/mol. The van der Waals surface area contributed by atoms with Gasteiger partial charge >= 0.3 is 5.69 Å². The number of aromatic nitrogens is 4. The van der Waals surface area contributed by atoms with E-state index in [1.807, 2.05) is 0 Å². The molecule has 2 unspecified atom stereocenters. The maximum atomic E-state index is 12.2. The molecule has 3 heterocycles. The molecule has 0 radical (unpaired) electrons. The fourth-order valence-electron chi connectivity index (χ4n) is 2.96. The molecule has 1 aliphatic rings. The van der Waals surface area contributed by atoms with Crippen molar-refractivity contribution < 1.29 is 0 Å². The number of nitrogens with zero attached hydrogens (tertiary/aromatic N) is 4. The molecule has 2 aromatic heterocycles. The monoisotopic (exact) mass is 292 g/mol. The molecule has 1 aliphatic heterocycles. The van der Waals surface area contributed by atoms with E-state index in [4.69, 9.17) is 0 Å². The summed E-state index contributed by atoms with van der Waals surface area (Å²) in [7, 11) is 3.09. The lowest BCUT2D eigenvalue weighted by Gasteiger charge is -2.35.